The van der Waals surface area contributed by atoms with Gasteiger partial charge in [-0.2, -0.15) is 0 Å². The summed E-state index contributed by atoms with van der Waals surface area (Å²) in [6, 6.07) is 10.6. The number of anilines is 2. The zero-order chi connectivity index (χ0) is 23.3. The van der Waals surface area contributed by atoms with Crippen LogP contribution in [0.25, 0.3) is 0 Å². The van der Waals surface area contributed by atoms with Crippen molar-refractivity contribution >= 4 is 46.8 Å². The Bertz CT molecular complexity index is 1060. The molecule has 1 heterocycles. The lowest BCUT2D eigenvalue weighted by Gasteiger charge is -2.28. The first-order valence-corrected chi connectivity index (χ1v) is 10.4. The molecule has 2 N–H and O–H groups in total. The maximum atomic E-state index is 13.1. The zero-order valence-corrected chi connectivity index (χ0v) is 18.4. The Labute approximate surface area is 190 Å². The van der Waals surface area contributed by atoms with E-state index in [2.05, 4.69) is 10.6 Å². The van der Waals surface area contributed by atoms with Crippen molar-refractivity contribution in [2.45, 2.75) is 20.3 Å². The summed E-state index contributed by atoms with van der Waals surface area (Å²) in [4.78, 5) is 49.3. The van der Waals surface area contributed by atoms with Crippen LogP contribution in [0.3, 0.4) is 0 Å². The highest BCUT2D eigenvalue weighted by Gasteiger charge is 2.32. The van der Waals surface area contributed by atoms with Crippen LogP contribution in [-0.2, 0) is 9.53 Å². The van der Waals surface area contributed by atoms with Gasteiger partial charge in [0, 0.05) is 25.7 Å². The molecule has 0 aliphatic carbocycles. The number of urea groups is 1. The molecule has 0 radical (unpaired) electrons. The summed E-state index contributed by atoms with van der Waals surface area (Å²) < 4.78 is 4.98. The molecule has 4 amide bonds. The van der Waals surface area contributed by atoms with Gasteiger partial charge in [-0.05, 0) is 43.7 Å². The van der Waals surface area contributed by atoms with Crippen LogP contribution >= 0.6 is 11.6 Å². The number of hydrazine groups is 1. The average Bonchev–Trinajstić information content (AvgIpc) is 3.25. The maximum absolute atomic E-state index is 13.1. The van der Waals surface area contributed by atoms with Gasteiger partial charge in [-0.1, -0.05) is 23.7 Å². The lowest BCUT2D eigenvalue weighted by molar-refractivity contribution is -0.114. The van der Waals surface area contributed by atoms with E-state index in [1.807, 2.05) is 0 Å². The number of nitrogens with one attached hydrogen (secondary N) is 2. The highest BCUT2D eigenvalue weighted by atomic mass is 35.5. The van der Waals surface area contributed by atoms with Crippen molar-refractivity contribution in [3.63, 3.8) is 0 Å². The van der Waals surface area contributed by atoms with Crippen molar-refractivity contribution in [3.8, 4) is 0 Å². The van der Waals surface area contributed by atoms with Crippen LogP contribution in [-0.4, -0.2) is 53.5 Å². The maximum Gasteiger partial charge on any atom is 0.340 e. The van der Waals surface area contributed by atoms with Gasteiger partial charge in [0.2, 0.25) is 5.91 Å². The smallest absolute Gasteiger partial charge is 0.340 e. The number of carbonyl (C=O) groups excluding carboxylic acids is 4. The molecule has 2 aromatic carbocycles. The van der Waals surface area contributed by atoms with E-state index in [0.717, 1.165) is 0 Å². The Morgan fingerprint density at radius 1 is 1.03 bits per heavy atom. The molecular formula is C22H23ClN4O5. The fraction of sp³-hybridized carbons (Fsp3) is 0.273. The Hall–Kier alpha value is -3.59. The van der Waals surface area contributed by atoms with Crippen LogP contribution in [0.15, 0.2) is 42.5 Å². The molecule has 2 aromatic rings. The summed E-state index contributed by atoms with van der Waals surface area (Å²) >= 11 is 6.33. The van der Waals surface area contributed by atoms with E-state index in [1.165, 1.54) is 29.1 Å². The molecule has 0 unspecified atom stereocenters. The molecule has 0 bridgehead atoms. The molecule has 9 nitrogen and oxygen atoms in total. The standard InChI is InChI=1S/C22H23ClN4O5/c1-3-32-21(30)15-7-4-8-16(13-15)25-22(31)27-12-6-11-26(27)20(29)17-9-5-10-18(19(17)23)24-14(2)28/h4-5,7-10,13H,3,6,11-12H2,1-2H3,(H,24,28)(H,25,31). The number of carbonyl (C=O) groups is 4. The topological polar surface area (TPSA) is 108 Å². The lowest BCUT2D eigenvalue weighted by Crippen LogP contribution is -2.46. The number of rotatable bonds is 5. The summed E-state index contributed by atoms with van der Waals surface area (Å²) in [5, 5.41) is 7.98. The second kappa shape index (κ2) is 10.1. The number of esters is 1. The molecular weight excluding hydrogens is 436 g/mol. The first-order valence-electron chi connectivity index (χ1n) is 10.1. The van der Waals surface area contributed by atoms with Crippen LogP contribution in [0.4, 0.5) is 16.2 Å². The third-order valence-electron chi connectivity index (χ3n) is 4.66. The van der Waals surface area contributed by atoms with Gasteiger partial charge in [-0.15, -0.1) is 0 Å². The summed E-state index contributed by atoms with van der Waals surface area (Å²) in [7, 11) is 0. The Morgan fingerprint density at radius 2 is 1.75 bits per heavy atom. The molecule has 1 fully saturated rings. The van der Waals surface area contributed by atoms with Gasteiger partial charge >= 0.3 is 12.0 Å². The predicted octanol–water partition coefficient (Wildman–Crippen LogP) is 3.77. The van der Waals surface area contributed by atoms with Crippen LogP contribution < -0.4 is 10.6 Å². The molecule has 168 valence electrons. The summed E-state index contributed by atoms with van der Waals surface area (Å²) in [6.07, 6.45) is 0.588. The number of halogens is 1. The summed E-state index contributed by atoms with van der Waals surface area (Å²) in [5.41, 5.74) is 1.18. The average molecular weight is 459 g/mol. The molecule has 10 heteroatoms. The molecule has 0 atom stereocenters. The van der Waals surface area contributed by atoms with E-state index < -0.39 is 17.9 Å². The number of benzene rings is 2. The van der Waals surface area contributed by atoms with Gasteiger partial charge in [-0.3, -0.25) is 9.59 Å². The van der Waals surface area contributed by atoms with Crippen molar-refractivity contribution in [1.82, 2.24) is 10.0 Å². The van der Waals surface area contributed by atoms with E-state index >= 15 is 0 Å². The second-order valence-electron chi connectivity index (χ2n) is 6.98. The largest absolute Gasteiger partial charge is 0.462 e. The van der Waals surface area contributed by atoms with E-state index in [1.54, 1.807) is 37.3 Å². The quantitative estimate of drug-likeness (QED) is 0.663. The molecule has 0 aromatic heterocycles. The molecule has 1 aliphatic heterocycles. The Balaban J connectivity index is 1.76. The van der Waals surface area contributed by atoms with Crippen LogP contribution in [0.5, 0.6) is 0 Å². The van der Waals surface area contributed by atoms with Crippen molar-refractivity contribution in [3.05, 3.63) is 58.6 Å². The number of hydrogen-bond donors (Lipinski definition) is 2. The minimum absolute atomic E-state index is 0.0992. The lowest BCUT2D eigenvalue weighted by atomic mass is 10.1. The van der Waals surface area contributed by atoms with E-state index in [0.29, 0.717) is 36.4 Å². The molecule has 32 heavy (non-hydrogen) atoms. The minimum Gasteiger partial charge on any atom is -0.462 e. The Morgan fingerprint density at radius 3 is 2.47 bits per heavy atom. The van der Waals surface area contributed by atoms with Gasteiger partial charge in [0.1, 0.15) is 0 Å². The molecule has 1 saturated heterocycles. The van der Waals surface area contributed by atoms with Crippen molar-refractivity contribution in [1.29, 1.82) is 0 Å². The molecule has 3 rings (SSSR count). The molecule has 0 spiro atoms. The van der Waals surface area contributed by atoms with Crippen molar-refractivity contribution in [2.75, 3.05) is 30.3 Å². The van der Waals surface area contributed by atoms with E-state index in [9.17, 15) is 19.2 Å². The van der Waals surface area contributed by atoms with Gasteiger partial charge in [0.25, 0.3) is 5.91 Å². The molecule has 1 aliphatic rings. The minimum atomic E-state index is -0.522. The van der Waals surface area contributed by atoms with Crippen LogP contribution in [0.1, 0.15) is 41.0 Å². The predicted molar refractivity (Wildman–Crippen MR) is 120 cm³/mol. The second-order valence-corrected chi connectivity index (χ2v) is 7.36. The number of hydrogen-bond acceptors (Lipinski definition) is 5. The highest BCUT2D eigenvalue weighted by Crippen LogP contribution is 2.28. The van der Waals surface area contributed by atoms with Crippen LogP contribution in [0, 0.1) is 0 Å². The van der Waals surface area contributed by atoms with Crippen molar-refractivity contribution < 1.29 is 23.9 Å². The van der Waals surface area contributed by atoms with E-state index in [4.69, 9.17) is 16.3 Å². The van der Waals surface area contributed by atoms with E-state index in [-0.39, 0.29) is 23.1 Å². The van der Waals surface area contributed by atoms with Gasteiger partial charge in [-0.25, -0.2) is 19.6 Å². The fourth-order valence-electron chi connectivity index (χ4n) is 3.28. The van der Waals surface area contributed by atoms with Gasteiger partial charge in [0.15, 0.2) is 0 Å². The number of ether oxygens (including phenoxy) is 1. The summed E-state index contributed by atoms with van der Waals surface area (Å²) in [5.74, 6) is -1.27. The number of amides is 4. The van der Waals surface area contributed by atoms with Gasteiger partial charge < -0.3 is 15.4 Å². The first kappa shape index (κ1) is 23.1. The fourth-order valence-corrected chi connectivity index (χ4v) is 3.54. The highest BCUT2D eigenvalue weighted by molar-refractivity contribution is 6.36. The third-order valence-corrected chi connectivity index (χ3v) is 5.07. The third kappa shape index (κ3) is 5.17. The normalized spacial score (nSPS) is 13.0. The van der Waals surface area contributed by atoms with Crippen molar-refractivity contribution in [2.24, 2.45) is 0 Å². The Kier molecular flexibility index (Phi) is 7.32. The summed E-state index contributed by atoms with van der Waals surface area (Å²) in [6.45, 7) is 3.95. The number of nitrogens with zero attached hydrogens (tertiary/aromatic N) is 2. The monoisotopic (exact) mass is 458 g/mol. The van der Waals surface area contributed by atoms with Crippen LogP contribution in [0.2, 0.25) is 5.02 Å². The SMILES string of the molecule is CCOC(=O)c1cccc(NC(=O)N2CCCN2C(=O)c2cccc(NC(C)=O)c2Cl)c1. The first-order chi connectivity index (χ1) is 15.3. The molecule has 0 saturated carbocycles. The van der Waals surface area contributed by atoms with Gasteiger partial charge in [0.05, 0.1) is 28.4 Å². The zero-order valence-electron chi connectivity index (χ0n) is 17.7.